The number of guanidine groups is 1. The van der Waals surface area contributed by atoms with Gasteiger partial charge in [-0.05, 0) is 48.6 Å². The van der Waals surface area contributed by atoms with Crippen LogP contribution < -0.4 is 15.5 Å². The monoisotopic (exact) mass is 509 g/mol. The van der Waals surface area contributed by atoms with Crippen molar-refractivity contribution in [2.75, 3.05) is 44.7 Å². The Hall–Kier alpha value is -1.74. The maximum Gasteiger partial charge on any atom is 0.191 e. The number of rotatable bonds is 7. The Morgan fingerprint density at radius 2 is 1.76 bits per heavy atom. The third-order valence-corrected chi connectivity index (χ3v) is 5.58. The fourth-order valence-corrected chi connectivity index (χ4v) is 3.67. The number of benzene rings is 1. The number of furan rings is 1. The van der Waals surface area contributed by atoms with Crippen LogP contribution in [-0.2, 0) is 13.1 Å². The highest BCUT2D eigenvalue weighted by atomic mass is 127. The molecule has 1 aromatic heterocycles. The van der Waals surface area contributed by atoms with E-state index in [2.05, 4.69) is 49.7 Å². The normalized spacial score (nSPS) is 17.7. The molecule has 1 aromatic carbocycles. The molecule has 0 unspecified atom stereocenters. The zero-order valence-corrected chi connectivity index (χ0v) is 19.5. The van der Waals surface area contributed by atoms with Crippen LogP contribution in [0.1, 0.15) is 24.2 Å². The van der Waals surface area contributed by atoms with E-state index in [0.717, 1.165) is 37.3 Å². The van der Waals surface area contributed by atoms with Crippen LogP contribution in [0, 0.1) is 5.92 Å². The molecule has 29 heavy (non-hydrogen) atoms. The summed E-state index contributed by atoms with van der Waals surface area (Å²) < 4.78 is 5.34. The molecule has 6 nitrogen and oxygen atoms in total. The molecule has 2 aromatic rings. The first kappa shape index (κ1) is 22.0. The van der Waals surface area contributed by atoms with Crippen LogP contribution in [-0.4, -0.2) is 50.6 Å². The minimum Gasteiger partial charge on any atom is -0.467 e. The molecule has 0 bridgehead atoms. The Kier molecular flexibility index (Phi) is 8.23. The fraction of sp³-hybridized carbons (Fsp3) is 0.500. The van der Waals surface area contributed by atoms with Gasteiger partial charge in [-0.1, -0.05) is 12.1 Å². The molecule has 4 rings (SSSR count). The molecular formula is C22H32IN5O. The number of piperazine rings is 1. The van der Waals surface area contributed by atoms with Crippen molar-refractivity contribution in [3.63, 3.8) is 0 Å². The number of nitrogens with one attached hydrogen (secondary N) is 2. The van der Waals surface area contributed by atoms with Gasteiger partial charge in [0.1, 0.15) is 5.76 Å². The van der Waals surface area contributed by atoms with E-state index in [4.69, 9.17) is 4.42 Å². The van der Waals surface area contributed by atoms with E-state index >= 15 is 0 Å². The quantitative estimate of drug-likeness (QED) is 0.341. The molecule has 0 radical (unpaired) electrons. The summed E-state index contributed by atoms with van der Waals surface area (Å²) in [5, 5.41) is 6.61. The minimum atomic E-state index is 0. The molecule has 1 saturated carbocycles. The molecule has 2 heterocycles. The van der Waals surface area contributed by atoms with E-state index in [0.29, 0.717) is 6.54 Å². The molecule has 2 N–H and O–H groups in total. The fourth-order valence-electron chi connectivity index (χ4n) is 3.67. The third-order valence-electron chi connectivity index (χ3n) is 5.58. The van der Waals surface area contributed by atoms with Crippen LogP contribution in [0.5, 0.6) is 0 Å². The van der Waals surface area contributed by atoms with Gasteiger partial charge in [-0.25, -0.2) is 0 Å². The van der Waals surface area contributed by atoms with Crippen molar-refractivity contribution in [1.29, 1.82) is 0 Å². The van der Waals surface area contributed by atoms with Gasteiger partial charge in [-0.3, -0.25) is 9.89 Å². The van der Waals surface area contributed by atoms with Crippen molar-refractivity contribution in [2.24, 2.45) is 10.9 Å². The molecule has 1 aliphatic carbocycles. The minimum absolute atomic E-state index is 0. The van der Waals surface area contributed by atoms with E-state index in [1.54, 1.807) is 13.3 Å². The van der Waals surface area contributed by atoms with Crippen LogP contribution in [0.2, 0.25) is 0 Å². The van der Waals surface area contributed by atoms with Crippen molar-refractivity contribution >= 4 is 35.6 Å². The van der Waals surface area contributed by atoms with Crippen LogP contribution in [0.25, 0.3) is 0 Å². The summed E-state index contributed by atoms with van der Waals surface area (Å²) in [4.78, 5) is 9.40. The van der Waals surface area contributed by atoms with Gasteiger partial charge in [0.15, 0.2) is 5.96 Å². The molecule has 7 heteroatoms. The lowest BCUT2D eigenvalue weighted by Crippen LogP contribution is -2.47. The van der Waals surface area contributed by atoms with Gasteiger partial charge in [0.2, 0.25) is 0 Å². The van der Waals surface area contributed by atoms with Crippen molar-refractivity contribution in [1.82, 2.24) is 15.5 Å². The molecule has 0 amide bonds. The second-order valence-corrected chi connectivity index (χ2v) is 7.76. The number of anilines is 1. The number of hydrogen-bond acceptors (Lipinski definition) is 4. The van der Waals surface area contributed by atoms with Crippen molar-refractivity contribution in [3.8, 4) is 0 Å². The molecule has 2 aliphatic rings. The van der Waals surface area contributed by atoms with E-state index in [9.17, 15) is 0 Å². The van der Waals surface area contributed by atoms with Crippen LogP contribution >= 0.6 is 24.0 Å². The first-order valence-corrected chi connectivity index (χ1v) is 10.3. The lowest BCUT2D eigenvalue weighted by molar-refractivity contribution is 0.248. The molecule has 158 valence electrons. The Balaban J connectivity index is 0.00000240. The van der Waals surface area contributed by atoms with Gasteiger partial charge < -0.3 is 20.0 Å². The van der Waals surface area contributed by atoms with Gasteiger partial charge in [0.05, 0.1) is 12.8 Å². The Bertz CT molecular complexity index is 750. The lowest BCUT2D eigenvalue weighted by Gasteiger charge is -2.36. The average Bonchev–Trinajstić information content (AvgIpc) is 3.40. The summed E-state index contributed by atoms with van der Waals surface area (Å²) in [5.41, 5.74) is 2.58. The first-order chi connectivity index (χ1) is 13.8. The zero-order chi connectivity index (χ0) is 19.2. The SMILES string of the molecule is CN=C(NCc1ccc(N2CCN(CC3CC3)CC2)cc1)NCc1ccco1.I. The van der Waals surface area contributed by atoms with Gasteiger partial charge in [-0.15, -0.1) is 24.0 Å². The highest BCUT2D eigenvalue weighted by Crippen LogP contribution is 2.30. The summed E-state index contributed by atoms with van der Waals surface area (Å²) in [6, 6.07) is 12.7. The smallest absolute Gasteiger partial charge is 0.191 e. The topological polar surface area (TPSA) is 56.0 Å². The largest absolute Gasteiger partial charge is 0.467 e. The number of halogens is 1. The Morgan fingerprint density at radius 1 is 1.03 bits per heavy atom. The summed E-state index contributed by atoms with van der Waals surface area (Å²) >= 11 is 0. The summed E-state index contributed by atoms with van der Waals surface area (Å²) in [6.07, 6.45) is 4.57. The molecule has 1 aliphatic heterocycles. The van der Waals surface area contributed by atoms with Gasteiger partial charge in [0.25, 0.3) is 0 Å². The maximum absolute atomic E-state index is 5.34. The molecule has 2 fully saturated rings. The molecule has 0 spiro atoms. The van der Waals surface area contributed by atoms with E-state index < -0.39 is 0 Å². The predicted octanol–water partition coefficient (Wildman–Crippen LogP) is 3.29. The zero-order valence-electron chi connectivity index (χ0n) is 17.1. The number of nitrogens with zero attached hydrogens (tertiary/aromatic N) is 3. The molecular weight excluding hydrogens is 477 g/mol. The van der Waals surface area contributed by atoms with E-state index in [1.165, 1.54) is 43.7 Å². The predicted molar refractivity (Wildman–Crippen MR) is 129 cm³/mol. The number of aliphatic imine (C=N–C) groups is 1. The van der Waals surface area contributed by atoms with Crippen molar-refractivity contribution < 1.29 is 4.42 Å². The lowest BCUT2D eigenvalue weighted by atomic mass is 10.1. The average molecular weight is 509 g/mol. The Morgan fingerprint density at radius 3 is 2.38 bits per heavy atom. The second-order valence-electron chi connectivity index (χ2n) is 7.76. The van der Waals surface area contributed by atoms with E-state index in [1.807, 2.05) is 12.1 Å². The van der Waals surface area contributed by atoms with Crippen LogP contribution in [0.3, 0.4) is 0 Å². The van der Waals surface area contributed by atoms with Gasteiger partial charge in [-0.2, -0.15) is 0 Å². The second kappa shape index (κ2) is 10.9. The summed E-state index contributed by atoms with van der Waals surface area (Å²) in [5.74, 6) is 2.65. The summed E-state index contributed by atoms with van der Waals surface area (Å²) in [6.45, 7) is 7.33. The van der Waals surface area contributed by atoms with Crippen LogP contribution in [0.4, 0.5) is 5.69 Å². The first-order valence-electron chi connectivity index (χ1n) is 10.3. The molecule has 0 atom stereocenters. The maximum atomic E-state index is 5.34. The van der Waals surface area contributed by atoms with Gasteiger partial charge >= 0.3 is 0 Å². The van der Waals surface area contributed by atoms with Crippen molar-refractivity contribution in [3.05, 3.63) is 54.0 Å². The van der Waals surface area contributed by atoms with Crippen LogP contribution in [0.15, 0.2) is 52.1 Å². The standard InChI is InChI=1S/C22H31N5O.HI/c1-23-22(25-16-21-3-2-14-28-21)24-15-18-6-8-20(9-7-18)27-12-10-26(11-13-27)17-19-4-5-19;/h2-3,6-9,14,19H,4-5,10-13,15-17H2,1H3,(H2,23,24,25);1H. The summed E-state index contributed by atoms with van der Waals surface area (Å²) in [7, 11) is 1.78. The highest BCUT2D eigenvalue weighted by Gasteiger charge is 2.26. The third kappa shape index (κ3) is 6.64. The van der Waals surface area contributed by atoms with Crippen molar-refractivity contribution in [2.45, 2.75) is 25.9 Å². The highest BCUT2D eigenvalue weighted by molar-refractivity contribution is 14.0. The number of hydrogen-bond donors (Lipinski definition) is 2. The molecule has 1 saturated heterocycles. The van der Waals surface area contributed by atoms with Gasteiger partial charge in [0, 0.05) is 52.0 Å². The van der Waals surface area contributed by atoms with E-state index in [-0.39, 0.29) is 24.0 Å². The Labute approximate surface area is 190 Å².